The predicted molar refractivity (Wildman–Crippen MR) is 71.1 cm³/mol. The number of ketones is 1. The van der Waals surface area contributed by atoms with Crippen molar-refractivity contribution in [3.05, 3.63) is 0 Å². The van der Waals surface area contributed by atoms with Gasteiger partial charge in [-0.05, 0) is 13.3 Å². The Morgan fingerprint density at radius 3 is 2.33 bits per heavy atom. The monoisotopic (exact) mass is 386 g/mol. The van der Waals surface area contributed by atoms with Crippen LogP contribution in [0.3, 0.4) is 0 Å². The molecule has 0 saturated heterocycles. The zero-order valence-corrected chi connectivity index (χ0v) is 13.6. The minimum Gasteiger partial charge on any atom is -0.384 e. The van der Waals surface area contributed by atoms with E-state index in [9.17, 15) is 9.90 Å². The highest BCUT2D eigenvalue weighted by Crippen LogP contribution is 2.66. The molecule has 0 spiro atoms. The van der Waals surface area contributed by atoms with Gasteiger partial charge in [-0.1, -0.05) is 31.9 Å². The Bertz CT molecular complexity index is 372. The van der Waals surface area contributed by atoms with Crippen LogP contribution in [0.15, 0.2) is 0 Å². The van der Waals surface area contributed by atoms with E-state index in [4.69, 9.17) is 14.2 Å². The minimum atomic E-state index is -1.30. The lowest BCUT2D eigenvalue weighted by Gasteiger charge is -2.39. The van der Waals surface area contributed by atoms with Crippen molar-refractivity contribution < 1.29 is 24.1 Å². The van der Waals surface area contributed by atoms with Gasteiger partial charge in [0.15, 0.2) is 10.1 Å². The van der Waals surface area contributed by atoms with E-state index in [0.717, 1.165) is 0 Å². The number of carbonyl (C=O) groups excluding carboxylic acids is 1. The summed E-state index contributed by atoms with van der Waals surface area (Å²) < 4.78 is 14.4. The fraction of sp³-hybridized carbons (Fsp3) is 0.909. The topological polar surface area (TPSA) is 65.0 Å². The SMILES string of the molecule is CCO[C@H]1C[C@@]2(Br)[C@@H](O)C(=O)[C@]1(Br)C2(OC)OC. The molecule has 4 atom stereocenters. The summed E-state index contributed by atoms with van der Waals surface area (Å²) in [5.41, 5.74) is 0. The first-order valence-electron chi connectivity index (χ1n) is 5.67. The van der Waals surface area contributed by atoms with Gasteiger partial charge in [0.25, 0.3) is 0 Å². The molecule has 5 nitrogen and oxygen atoms in total. The van der Waals surface area contributed by atoms with Gasteiger partial charge in [-0.15, -0.1) is 0 Å². The molecule has 0 amide bonds. The maximum absolute atomic E-state index is 12.3. The third-order valence-electron chi connectivity index (χ3n) is 3.94. The molecule has 0 unspecified atom stereocenters. The molecule has 2 saturated carbocycles. The Labute approximate surface area is 122 Å². The van der Waals surface area contributed by atoms with E-state index in [0.29, 0.717) is 13.0 Å². The summed E-state index contributed by atoms with van der Waals surface area (Å²) in [5.74, 6) is -1.68. The Balaban J connectivity index is 2.58. The van der Waals surface area contributed by atoms with E-state index in [1.54, 1.807) is 0 Å². The second-order valence-corrected chi connectivity index (χ2v) is 7.18. The molecule has 0 heterocycles. The second kappa shape index (κ2) is 4.49. The average molecular weight is 388 g/mol. The van der Waals surface area contributed by atoms with Gasteiger partial charge in [0.2, 0.25) is 5.79 Å². The summed E-state index contributed by atoms with van der Waals surface area (Å²) in [7, 11) is 2.91. The van der Waals surface area contributed by atoms with Crippen molar-refractivity contribution in [3.63, 3.8) is 0 Å². The number of carbonyl (C=O) groups is 1. The van der Waals surface area contributed by atoms with E-state index in [1.807, 2.05) is 6.92 Å². The van der Waals surface area contributed by atoms with Crippen molar-refractivity contribution in [2.45, 2.75) is 40.0 Å². The molecule has 2 fully saturated rings. The standard InChI is InChI=1S/C11H16Br2O5/c1-4-18-6-5-9(12)7(14)8(15)10(6,13)11(9,16-2)17-3/h6-7,14H,4-5H2,1-3H3/t6-,7-,9+,10-/m0/s1. The fourth-order valence-corrected chi connectivity index (χ4v) is 5.77. The van der Waals surface area contributed by atoms with Crippen molar-refractivity contribution in [3.8, 4) is 0 Å². The van der Waals surface area contributed by atoms with Crippen molar-refractivity contribution >= 4 is 37.6 Å². The zero-order chi connectivity index (χ0) is 13.8. The van der Waals surface area contributed by atoms with Gasteiger partial charge in [0.1, 0.15) is 10.4 Å². The van der Waals surface area contributed by atoms with Crippen molar-refractivity contribution in [1.29, 1.82) is 0 Å². The van der Waals surface area contributed by atoms with Crippen LogP contribution >= 0.6 is 31.9 Å². The van der Waals surface area contributed by atoms with Gasteiger partial charge < -0.3 is 19.3 Å². The molecular weight excluding hydrogens is 372 g/mol. The molecule has 7 heteroatoms. The van der Waals surface area contributed by atoms with Gasteiger partial charge in [0.05, 0.1) is 6.10 Å². The zero-order valence-electron chi connectivity index (χ0n) is 10.4. The molecule has 1 N–H and O–H groups in total. The van der Waals surface area contributed by atoms with Crippen molar-refractivity contribution in [2.75, 3.05) is 20.8 Å². The highest BCUT2D eigenvalue weighted by molar-refractivity contribution is 9.11. The van der Waals surface area contributed by atoms with Crippen LogP contribution in [0.4, 0.5) is 0 Å². The van der Waals surface area contributed by atoms with Crippen LogP contribution in [0, 0.1) is 0 Å². The molecule has 0 aliphatic heterocycles. The number of aliphatic hydroxyl groups excluding tert-OH is 1. The summed E-state index contributed by atoms with van der Waals surface area (Å²) in [6.07, 6.45) is -1.20. The van der Waals surface area contributed by atoms with Crippen LogP contribution in [-0.2, 0) is 19.0 Å². The molecule has 0 aromatic heterocycles. The number of hydrogen-bond acceptors (Lipinski definition) is 5. The van der Waals surface area contributed by atoms with Gasteiger partial charge in [-0.3, -0.25) is 4.79 Å². The molecule has 0 aromatic carbocycles. The molecule has 0 aromatic rings. The van der Waals surface area contributed by atoms with Crippen molar-refractivity contribution in [2.24, 2.45) is 0 Å². The van der Waals surface area contributed by atoms with Gasteiger partial charge in [-0.25, -0.2) is 0 Å². The maximum Gasteiger partial charge on any atom is 0.211 e. The normalized spacial score (nSPS) is 45.8. The van der Waals surface area contributed by atoms with Crippen molar-refractivity contribution in [1.82, 2.24) is 0 Å². The van der Waals surface area contributed by atoms with Crippen LogP contribution < -0.4 is 0 Å². The molecule has 2 bridgehead atoms. The Kier molecular flexibility index (Phi) is 3.71. The summed E-state index contributed by atoms with van der Waals surface area (Å²) in [6.45, 7) is 2.32. The number of methoxy groups -OCH3 is 2. The number of halogens is 2. The smallest absolute Gasteiger partial charge is 0.211 e. The highest BCUT2D eigenvalue weighted by atomic mass is 79.9. The van der Waals surface area contributed by atoms with Crippen LogP contribution in [0.1, 0.15) is 13.3 Å². The molecule has 0 radical (unpaired) electrons. The number of aliphatic hydroxyl groups is 1. The summed E-state index contributed by atoms with van der Waals surface area (Å²) >= 11 is 6.88. The number of alkyl halides is 2. The van der Waals surface area contributed by atoms with Crippen LogP contribution in [0.25, 0.3) is 0 Å². The number of fused-ring (bicyclic) bond motifs is 2. The van der Waals surface area contributed by atoms with Gasteiger partial charge >= 0.3 is 0 Å². The van der Waals surface area contributed by atoms with Crippen LogP contribution in [0.5, 0.6) is 0 Å². The lowest BCUT2D eigenvalue weighted by atomic mass is 9.93. The number of hydrogen-bond donors (Lipinski definition) is 1. The van der Waals surface area contributed by atoms with Crippen LogP contribution in [-0.4, -0.2) is 58.4 Å². The molecule has 18 heavy (non-hydrogen) atoms. The van der Waals surface area contributed by atoms with Gasteiger partial charge in [0, 0.05) is 20.8 Å². The summed E-state index contributed by atoms with van der Waals surface area (Å²) in [6, 6.07) is 0. The average Bonchev–Trinajstić information content (AvgIpc) is 2.61. The van der Waals surface area contributed by atoms with Crippen LogP contribution in [0.2, 0.25) is 0 Å². The van der Waals surface area contributed by atoms with E-state index in [-0.39, 0.29) is 5.78 Å². The molecule has 104 valence electrons. The first kappa shape index (κ1) is 14.9. The summed E-state index contributed by atoms with van der Waals surface area (Å²) in [5, 5.41) is 10.2. The third kappa shape index (κ3) is 1.33. The molecular formula is C11H16Br2O5. The maximum atomic E-state index is 12.3. The van der Waals surface area contributed by atoms with E-state index >= 15 is 0 Å². The largest absolute Gasteiger partial charge is 0.384 e. The number of Topliss-reactive ketones (excluding diaryl/α,β-unsaturated/α-hetero) is 1. The number of ether oxygens (including phenoxy) is 3. The minimum absolute atomic E-state index is 0.382. The second-order valence-electron chi connectivity index (χ2n) is 4.51. The molecule has 2 aliphatic rings. The van der Waals surface area contributed by atoms with E-state index in [2.05, 4.69) is 31.9 Å². The highest BCUT2D eigenvalue weighted by Gasteiger charge is 2.85. The van der Waals surface area contributed by atoms with E-state index < -0.39 is 26.6 Å². The first-order valence-corrected chi connectivity index (χ1v) is 7.26. The Morgan fingerprint density at radius 2 is 1.94 bits per heavy atom. The third-order valence-corrected chi connectivity index (χ3v) is 6.64. The molecule has 2 aliphatic carbocycles. The quantitative estimate of drug-likeness (QED) is 0.575. The summed E-state index contributed by atoms with van der Waals surface area (Å²) in [4.78, 5) is 12.3. The Hall–Kier alpha value is 0.470. The van der Waals surface area contributed by atoms with Gasteiger partial charge in [-0.2, -0.15) is 0 Å². The number of rotatable bonds is 4. The predicted octanol–water partition coefficient (Wildman–Crippen LogP) is 0.995. The lowest BCUT2D eigenvalue weighted by Crippen LogP contribution is -2.58. The fourth-order valence-electron chi connectivity index (χ4n) is 3.17. The lowest BCUT2D eigenvalue weighted by molar-refractivity contribution is -0.222. The Morgan fingerprint density at radius 1 is 1.39 bits per heavy atom. The molecule has 2 rings (SSSR count). The van der Waals surface area contributed by atoms with E-state index in [1.165, 1.54) is 14.2 Å². The first-order chi connectivity index (χ1) is 8.35.